The number of hydrogen-bond donors (Lipinski definition) is 5. The number of aliphatic carboxylic acids is 1. The highest BCUT2D eigenvalue weighted by molar-refractivity contribution is 8.02. The molecule has 39 heavy (non-hydrogen) atoms. The van der Waals surface area contributed by atoms with Crippen molar-refractivity contribution in [3.05, 3.63) is 59.2 Å². The van der Waals surface area contributed by atoms with Gasteiger partial charge in [-0.3, -0.25) is 19.5 Å². The zero-order chi connectivity index (χ0) is 27.8. The number of β-lactam (4-membered cyclic amide) rings is 1. The van der Waals surface area contributed by atoms with Gasteiger partial charge in [0.1, 0.15) is 41.2 Å². The molecule has 3 aliphatic heterocycles. The van der Waals surface area contributed by atoms with Gasteiger partial charge < -0.3 is 26.7 Å². The molecule has 0 bridgehead atoms. The highest BCUT2D eigenvalue weighted by Crippen LogP contribution is 2.46. The minimum Gasteiger partial charge on any atom is -0.477 e. The largest absolute Gasteiger partial charge is 0.477 e. The molecule has 1 saturated heterocycles. The second kappa shape index (κ2) is 10.5. The number of carbonyl (C=O) groups excluding carboxylic acids is 2. The minimum absolute atomic E-state index is 0.274. The van der Waals surface area contributed by atoms with Gasteiger partial charge in [-0.05, 0) is 23.2 Å². The normalized spacial score (nSPS) is 23.2. The smallest absolute Gasteiger partial charge is 0.353 e. The van der Waals surface area contributed by atoms with Crippen LogP contribution in [0, 0.1) is 0 Å². The summed E-state index contributed by atoms with van der Waals surface area (Å²) in [5.41, 5.74) is 12.6. The number of oxime groups is 1. The van der Waals surface area contributed by atoms with E-state index in [1.165, 1.54) is 11.8 Å². The number of thioether (sulfide) groups is 1. The van der Waals surface area contributed by atoms with Crippen molar-refractivity contribution in [2.45, 2.75) is 23.3 Å². The predicted molar refractivity (Wildman–Crippen MR) is 138 cm³/mol. The van der Waals surface area contributed by atoms with Crippen LogP contribution >= 0.6 is 23.7 Å². The molecule has 7 N–H and O–H groups in total. The van der Waals surface area contributed by atoms with Crippen LogP contribution in [0.15, 0.2) is 64.3 Å². The van der Waals surface area contributed by atoms with E-state index in [1.54, 1.807) is 52.4 Å². The predicted octanol–water partition coefficient (Wildman–Crippen LogP) is -1.02. The highest BCUT2D eigenvalue weighted by atomic mass is 32.2. The topological polar surface area (TPSA) is 197 Å². The number of nitrogens with two attached hydrogens (primary N) is 2. The first-order valence-electron chi connectivity index (χ1n) is 11.2. The third-order valence-corrected chi connectivity index (χ3v) is 8.06. The monoisotopic (exact) mass is 577 g/mol. The molecule has 0 spiro atoms. The van der Waals surface area contributed by atoms with Gasteiger partial charge in [0.25, 0.3) is 5.91 Å². The van der Waals surface area contributed by atoms with Crippen molar-refractivity contribution >= 4 is 58.9 Å². The maximum absolute atomic E-state index is 13.8. The number of hydrazine groups is 1. The summed E-state index contributed by atoms with van der Waals surface area (Å²) in [4.78, 5) is 45.9. The Morgan fingerprint density at radius 3 is 2.90 bits per heavy atom. The van der Waals surface area contributed by atoms with Crippen molar-refractivity contribution in [1.29, 1.82) is 0 Å². The van der Waals surface area contributed by atoms with Crippen LogP contribution in [-0.4, -0.2) is 72.3 Å². The van der Waals surface area contributed by atoms with Crippen molar-refractivity contribution in [3.8, 4) is 0 Å². The average Bonchev–Trinajstić information content (AvgIpc) is 3.58. The standard InChI is InChI=1S/C21H21FN10O5S2/c1-37-27-16(22)17(33)26-14-18(34)31-15(21(35)36)10(19(38-20(14)31)30-9-12(24)39-28-30)3-2-7-29-8-5-11(23)32-13(29)4-6-25-32/h2-6,8-9,14,19-20,23,28H,7,24H2,1H3,(H2,26,33,35,36)/p+1/t14?,19?,20-/m0/s1. The van der Waals surface area contributed by atoms with Crippen molar-refractivity contribution in [1.82, 2.24) is 29.7 Å². The van der Waals surface area contributed by atoms with Crippen LogP contribution in [0.2, 0.25) is 0 Å². The van der Waals surface area contributed by atoms with Crippen molar-refractivity contribution < 1.29 is 33.3 Å². The maximum Gasteiger partial charge on any atom is 0.353 e. The van der Waals surface area contributed by atoms with E-state index in [2.05, 4.69) is 25.2 Å². The average molecular weight is 578 g/mol. The van der Waals surface area contributed by atoms with Gasteiger partial charge in [0, 0.05) is 17.8 Å². The number of halogens is 1. The van der Waals surface area contributed by atoms with Gasteiger partial charge in [-0.25, -0.2) is 9.36 Å². The van der Waals surface area contributed by atoms with Gasteiger partial charge in [-0.1, -0.05) is 15.7 Å². The number of hydrogen-bond acceptors (Lipinski definition) is 12. The number of amides is 2. The molecule has 18 heteroatoms. The molecule has 2 aromatic heterocycles. The molecule has 5 heterocycles. The lowest BCUT2D eigenvalue weighted by molar-refractivity contribution is -0.664. The first kappa shape index (κ1) is 26.3. The van der Waals surface area contributed by atoms with Crippen molar-refractivity contribution in [3.63, 3.8) is 0 Å². The SMILES string of the molecule is CON=C(F)C(=O)NC1C(=O)N2C(C(=O)O)=C(C=CC[n+]3ccc(N)n4nccc43)C(N3C=C(N)SN3)S[C@@H]12. The second-order valence-corrected chi connectivity index (χ2v) is 10.3. The van der Waals surface area contributed by atoms with Gasteiger partial charge in [0.05, 0.1) is 18.5 Å². The van der Waals surface area contributed by atoms with Gasteiger partial charge in [0.15, 0.2) is 0 Å². The summed E-state index contributed by atoms with van der Waals surface area (Å²) in [6.45, 7) is 0.331. The molecular weight excluding hydrogens is 555 g/mol. The summed E-state index contributed by atoms with van der Waals surface area (Å²) in [5, 5.41) is 20.0. The quantitative estimate of drug-likeness (QED) is 0.0843. The number of carboxylic acid groups (broad SMARTS) is 1. The fourth-order valence-corrected chi connectivity index (χ4v) is 6.37. The lowest BCUT2D eigenvalue weighted by Gasteiger charge is -2.51. The maximum atomic E-state index is 13.8. The fourth-order valence-electron chi connectivity index (χ4n) is 4.25. The molecule has 5 rings (SSSR count). The Morgan fingerprint density at radius 2 is 2.21 bits per heavy atom. The Kier molecular flexibility index (Phi) is 7.06. The Labute approximate surface area is 228 Å². The number of nitrogens with zero attached hydrogens (tertiary/aromatic N) is 6. The number of carbonyl (C=O) groups is 3. The molecule has 2 aromatic rings. The zero-order valence-electron chi connectivity index (χ0n) is 20.1. The third kappa shape index (κ3) is 4.72. The molecule has 0 radical (unpaired) electrons. The fraction of sp³-hybridized carbons (Fsp3) is 0.238. The summed E-state index contributed by atoms with van der Waals surface area (Å²) < 4.78 is 17.2. The highest BCUT2D eigenvalue weighted by Gasteiger charge is 2.57. The number of allylic oxidation sites excluding steroid dienone is 1. The summed E-state index contributed by atoms with van der Waals surface area (Å²) in [6, 6.07) is 2.27. The zero-order valence-corrected chi connectivity index (χ0v) is 21.7. The first-order valence-corrected chi connectivity index (χ1v) is 13.0. The van der Waals surface area contributed by atoms with Gasteiger partial charge in [-0.2, -0.15) is 9.22 Å². The van der Waals surface area contributed by atoms with E-state index in [-0.39, 0.29) is 5.70 Å². The van der Waals surface area contributed by atoms with E-state index >= 15 is 0 Å². The minimum atomic E-state index is -1.47. The van der Waals surface area contributed by atoms with Crippen LogP contribution in [0.5, 0.6) is 0 Å². The number of rotatable bonds is 8. The molecule has 0 saturated carbocycles. The van der Waals surface area contributed by atoms with Crippen LogP contribution in [0.1, 0.15) is 0 Å². The van der Waals surface area contributed by atoms with Crippen molar-refractivity contribution in [2.24, 2.45) is 10.9 Å². The molecule has 0 aromatic carbocycles. The summed E-state index contributed by atoms with van der Waals surface area (Å²) in [6.07, 6.45) is 8.33. The van der Waals surface area contributed by atoms with E-state index in [0.717, 1.165) is 29.6 Å². The molecular formula is C21H22FN10O5S2+. The van der Waals surface area contributed by atoms with Crippen LogP contribution in [-0.2, 0) is 25.8 Å². The van der Waals surface area contributed by atoms with E-state index in [1.807, 2.05) is 4.57 Å². The molecule has 3 aliphatic rings. The second-order valence-electron chi connectivity index (χ2n) is 8.24. The number of anilines is 1. The van der Waals surface area contributed by atoms with E-state index in [0.29, 0.717) is 23.0 Å². The first-order chi connectivity index (χ1) is 18.7. The van der Waals surface area contributed by atoms with Crippen LogP contribution in [0.4, 0.5) is 10.2 Å². The number of aromatic nitrogens is 3. The number of nitrogens with one attached hydrogen (secondary N) is 2. The lowest BCUT2D eigenvalue weighted by atomic mass is 10.0. The van der Waals surface area contributed by atoms with Crippen LogP contribution in [0.3, 0.4) is 0 Å². The molecule has 3 atom stereocenters. The molecule has 2 unspecified atom stereocenters. The van der Waals surface area contributed by atoms with E-state index in [9.17, 15) is 23.9 Å². The molecule has 0 aliphatic carbocycles. The third-order valence-electron chi connectivity index (χ3n) is 5.91. The van der Waals surface area contributed by atoms with E-state index < -0.39 is 40.5 Å². The Hall–Kier alpha value is -4.29. The lowest BCUT2D eigenvalue weighted by Crippen LogP contribution is -2.72. The van der Waals surface area contributed by atoms with Crippen molar-refractivity contribution in [2.75, 3.05) is 12.8 Å². The molecule has 15 nitrogen and oxygen atoms in total. The Morgan fingerprint density at radius 1 is 1.41 bits per heavy atom. The summed E-state index contributed by atoms with van der Waals surface area (Å²) in [5.74, 6) is -4.34. The molecule has 1 fully saturated rings. The molecule has 2 amide bonds. The van der Waals surface area contributed by atoms with Crippen LogP contribution in [0.25, 0.3) is 5.65 Å². The summed E-state index contributed by atoms with van der Waals surface area (Å²) in [7, 11) is 1.06. The summed E-state index contributed by atoms with van der Waals surface area (Å²) >= 11 is 2.31. The Bertz CT molecular complexity index is 1490. The Balaban J connectivity index is 1.48. The van der Waals surface area contributed by atoms with E-state index in [4.69, 9.17) is 11.5 Å². The van der Waals surface area contributed by atoms with Gasteiger partial charge >= 0.3 is 23.5 Å². The van der Waals surface area contributed by atoms with Gasteiger partial charge in [0.2, 0.25) is 5.82 Å². The number of nitrogen functional groups attached to an aromatic ring is 1. The van der Waals surface area contributed by atoms with Gasteiger partial charge in [-0.15, -0.1) is 11.8 Å². The molecule has 204 valence electrons. The number of carboxylic acids is 1. The van der Waals surface area contributed by atoms with Crippen LogP contribution < -0.4 is 26.2 Å². The number of fused-ring (bicyclic) bond motifs is 2.